The Bertz CT molecular complexity index is 494. The Morgan fingerprint density at radius 2 is 1.82 bits per heavy atom. The number of pyridine rings is 1. The van der Waals surface area contributed by atoms with E-state index in [4.69, 9.17) is 23.2 Å². The maximum absolute atomic E-state index is 5.65. The molecule has 7 heteroatoms. The molecule has 2 rings (SSSR count). The highest BCUT2D eigenvalue weighted by molar-refractivity contribution is 6.31. The zero-order chi connectivity index (χ0) is 12.3. The molecule has 5 nitrogen and oxygen atoms in total. The molecule has 0 aliphatic heterocycles. The van der Waals surface area contributed by atoms with Crippen molar-refractivity contribution in [1.29, 1.82) is 0 Å². The number of nitrogens with one attached hydrogen (secondary N) is 1. The molecular formula is C10H9Cl2N5. The maximum Gasteiger partial charge on any atom is 0.228 e. The van der Waals surface area contributed by atoms with Crippen LogP contribution in [-0.4, -0.2) is 19.9 Å². The molecule has 0 radical (unpaired) electrons. The maximum atomic E-state index is 5.65. The van der Waals surface area contributed by atoms with Crippen molar-refractivity contribution in [3.05, 3.63) is 40.2 Å². The van der Waals surface area contributed by atoms with Gasteiger partial charge < -0.3 is 5.32 Å². The lowest BCUT2D eigenvalue weighted by atomic mass is 10.2. The van der Waals surface area contributed by atoms with Crippen LogP contribution < -0.4 is 5.32 Å². The van der Waals surface area contributed by atoms with Gasteiger partial charge in [-0.15, -0.1) is 0 Å². The number of hydrogen-bond acceptors (Lipinski definition) is 5. The molecule has 0 aliphatic carbocycles. The molecule has 0 spiro atoms. The van der Waals surface area contributed by atoms with Crippen molar-refractivity contribution in [2.45, 2.75) is 13.5 Å². The van der Waals surface area contributed by atoms with Gasteiger partial charge in [0.15, 0.2) is 0 Å². The third-order valence-corrected chi connectivity index (χ3v) is 2.34. The van der Waals surface area contributed by atoms with Crippen LogP contribution in [0.25, 0.3) is 0 Å². The molecule has 2 heterocycles. The van der Waals surface area contributed by atoms with Crippen LogP contribution in [0.5, 0.6) is 0 Å². The first kappa shape index (κ1) is 12.0. The van der Waals surface area contributed by atoms with Gasteiger partial charge in [-0.3, -0.25) is 4.98 Å². The molecule has 2 aromatic heterocycles. The van der Waals surface area contributed by atoms with E-state index in [1.807, 2.05) is 19.1 Å². The predicted molar refractivity (Wildman–Crippen MR) is 66.1 cm³/mol. The van der Waals surface area contributed by atoms with E-state index in [1.165, 1.54) is 0 Å². The number of hydrogen-bond donors (Lipinski definition) is 1. The van der Waals surface area contributed by atoms with Gasteiger partial charge in [0.2, 0.25) is 16.5 Å². The molecular weight excluding hydrogens is 261 g/mol. The van der Waals surface area contributed by atoms with E-state index in [1.54, 1.807) is 6.20 Å². The van der Waals surface area contributed by atoms with Crippen molar-refractivity contribution < 1.29 is 0 Å². The molecule has 0 fully saturated rings. The third kappa shape index (κ3) is 3.51. The molecule has 2 aromatic rings. The van der Waals surface area contributed by atoms with Crippen LogP contribution >= 0.6 is 23.2 Å². The van der Waals surface area contributed by atoms with Crippen LogP contribution in [0.15, 0.2) is 18.3 Å². The Morgan fingerprint density at radius 3 is 2.41 bits per heavy atom. The zero-order valence-corrected chi connectivity index (χ0v) is 10.5. The van der Waals surface area contributed by atoms with Crippen LogP contribution in [0.3, 0.4) is 0 Å². The van der Waals surface area contributed by atoms with Gasteiger partial charge in [-0.25, -0.2) is 0 Å². The Labute approximate surface area is 108 Å². The van der Waals surface area contributed by atoms with Crippen molar-refractivity contribution in [2.75, 3.05) is 5.32 Å². The Morgan fingerprint density at radius 1 is 1.12 bits per heavy atom. The largest absolute Gasteiger partial charge is 0.350 e. The van der Waals surface area contributed by atoms with Gasteiger partial charge >= 0.3 is 0 Å². The minimum absolute atomic E-state index is 0.0644. The summed E-state index contributed by atoms with van der Waals surface area (Å²) in [5, 5.41) is 3.12. The highest BCUT2D eigenvalue weighted by Gasteiger charge is 2.02. The minimum Gasteiger partial charge on any atom is -0.350 e. The van der Waals surface area contributed by atoms with E-state index in [-0.39, 0.29) is 10.6 Å². The van der Waals surface area contributed by atoms with Crippen LogP contribution in [-0.2, 0) is 6.54 Å². The summed E-state index contributed by atoms with van der Waals surface area (Å²) in [4.78, 5) is 15.6. The summed E-state index contributed by atoms with van der Waals surface area (Å²) < 4.78 is 0. The molecule has 0 saturated heterocycles. The SMILES string of the molecule is Cc1ccc(CNc2nc(Cl)nc(Cl)n2)cn1. The van der Waals surface area contributed by atoms with Crippen LogP contribution in [0, 0.1) is 6.92 Å². The van der Waals surface area contributed by atoms with Crippen LogP contribution in [0.1, 0.15) is 11.3 Å². The van der Waals surface area contributed by atoms with Gasteiger partial charge in [0.25, 0.3) is 0 Å². The van der Waals surface area contributed by atoms with E-state index < -0.39 is 0 Å². The monoisotopic (exact) mass is 269 g/mol. The summed E-state index contributed by atoms with van der Waals surface area (Å²) in [5.41, 5.74) is 1.99. The van der Waals surface area contributed by atoms with Gasteiger partial charge in [0.1, 0.15) is 0 Å². The first-order chi connectivity index (χ1) is 8.13. The molecule has 0 atom stereocenters. The second kappa shape index (κ2) is 5.25. The first-order valence-corrected chi connectivity index (χ1v) is 5.61. The Balaban J connectivity index is 2.04. The number of halogens is 2. The van der Waals surface area contributed by atoms with Crippen molar-refractivity contribution in [1.82, 2.24) is 19.9 Å². The lowest BCUT2D eigenvalue weighted by molar-refractivity contribution is 0.993. The number of rotatable bonds is 3. The lowest BCUT2D eigenvalue weighted by Crippen LogP contribution is -2.05. The normalized spacial score (nSPS) is 10.3. The fourth-order valence-electron chi connectivity index (χ4n) is 1.19. The van der Waals surface area contributed by atoms with Crippen molar-refractivity contribution in [2.24, 2.45) is 0 Å². The smallest absolute Gasteiger partial charge is 0.228 e. The second-order valence-corrected chi connectivity index (χ2v) is 4.03. The number of aryl methyl sites for hydroxylation is 1. The second-order valence-electron chi connectivity index (χ2n) is 3.36. The zero-order valence-electron chi connectivity index (χ0n) is 8.98. The van der Waals surface area contributed by atoms with E-state index in [0.717, 1.165) is 11.3 Å². The number of aromatic nitrogens is 4. The summed E-state index contributed by atoms with van der Waals surface area (Å²) in [6.45, 7) is 2.48. The van der Waals surface area contributed by atoms with Gasteiger partial charge in [-0.1, -0.05) is 6.07 Å². The summed E-state index contributed by atoms with van der Waals surface area (Å²) in [6.07, 6.45) is 1.78. The standard InChI is InChI=1S/C10H9Cl2N5/c1-6-2-3-7(4-13-6)5-14-10-16-8(11)15-9(12)17-10/h2-4H,5H2,1H3,(H,14,15,16,17). The fourth-order valence-corrected chi connectivity index (χ4v) is 1.55. The molecule has 17 heavy (non-hydrogen) atoms. The van der Waals surface area contributed by atoms with Crippen LogP contribution in [0.4, 0.5) is 5.95 Å². The summed E-state index contributed by atoms with van der Waals surface area (Å²) >= 11 is 11.3. The van der Waals surface area contributed by atoms with E-state index in [2.05, 4.69) is 25.3 Å². The lowest BCUT2D eigenvalue weighted by Gasteiger charge is -2.04. The highest BCUT2D eigenvalue weighted by Crippen LogP contribution is 2.10. The van der Waals surface area contributed by atoms with E-state index in [9.17, 15) is 0 Å². The van der Waals surface area contributed by atoms with Crippen molar-refractivity contribution in [3.8, 4) is 0 Å². The molecule has 0 unspecified atom stereocenters. The summed E-state index contributed by atoms with van der Waals surface area (Å²) in [7, 11) is 0. The molecule has 0 aromatic carbocycles. The topological polar surface area (TPSA) is 63.6 Å². The van der Waals surface area contributed by atoms with Gasteiger partial charge in [-0.2, -0.15) is 15.0 Å². The Hall–Kier alpha value is -1.46. The minimum atomic E-state index is 0.0644. The molecule has 0 saturated carbocycles. The van der Waals surface area contributed by atoms with Gasteiger partial charge in [-0.05, 0) is 41.8 Å². The van der Waals surface area contributed by atoms with Gasteiger partial charge in [0, 0.05) is 18.4 Å². The van der Waals surface area contributed by atoms with E-state index >= 15 is 0 Å². The number of nitrogens with zero attached hydrogens (tertiary/aromatic N) is 4. The first-order valence-electron chi connectivity index (χ1n) is 4.86. The fraction of sp³-hybridized carbons (Fsp3) is 0.200. The van der Waals surface area contributed by atoms with Gasteiger partial charge in [0.05, 0.1) is 0 Å². The number of anilines is 1. The average molecular weight is 270 g/mol. The molecule has 0 amide bonds. The third-order valence-electron chi connectivity index (χ3n) is 2.00. The average Bonchev–Trinajstić information content (AvgIpc) is 2.27. The Kier molecular flexibility index (Phi) is 3.71. The van der Waals surface area contributed by atoms with E-state index in [0.29, 0.717) is 12.5 Å². The highest BCUT2D eigenvalue weighted by atomic mass is 35.5. The summed E-state index contributed by atoms with van der Waals surface area (Å²) in [5.74, 6) is 0.343. The summed E-state index contributed by atoms with van der Waals surface area (Å²) in [6, 6.07) is 3.91. The molecule has 0 aliphatic rings. The van der Waals surface area contributed by atoms with Crippen LogP contribution in [0.2, 0.25) is 10.6 Å². The van der Waals surface area contributed by atoms with Crippen molar-refractivity contribution in [3.63, 3.8) is 0 Å². The molecule has 0 bridgehead atoms. The quantitative estimate of drug-likeness (QED) is 0.928. The van der Waals surface area contributed by atoms with Crippen molar-refractivity contribution >= 4 is 29.2 Å². The molecule has 88 valence electrons. The predicted octanol–water partition coefficient (Wildman–Crippen LogP) is 2.49. The molecule has 1 N–H and O–H groups in total.